The summed E-state index contributed by atoms with van der Waals surface area (Å²) in [6.07, 6.45) is 3.54. The van der Waals surface area contributed by atoms with Crippen LogP contribution in [0.3, 0.4) is 0 Å². The number of hydrogen-bond donors (Lipinski definition) is 1. The number of carbonyl (C=O) groups is 2. The average molecular weight is 284 g/mol. The van der Waals surface area contributed by atoms with Gasteiger partial charge in [-0.3, -0.25) is 9.59 Å². The molecule has 0 aromatic heterocycles. The molecule has 0 spiro atoms. The van der Waals surface area contributed by atoms with Gasteiger partial charge in [0, 0.05) is 23.0 Å². The fourth-order valence-corrected chi connectivity index (χ4v) is 2.55. The van der Waals surface area contributed by atoms with Crippen LogP contribution in [0.15, 0.2) is 30.3 Å². The van der Waals surface area contributed by atoms with E-state index in [1.54, 1.807) is 4.90 Å². The van der Waals surface area contributed by atoms with E-state index >= 15 is 0 Å². The van der Waals surface area contributed by atoms with E-state index in [0.717, 1.165) is 47.0 Å². The Labute approximate surface area is 124 Å². The Morgan fingerprint density at radius 3 is 2.67 bits per heavy atom. The molecule has 0 radical (unpaired) electrons. The van der Waals surface area contributed by atoms with Gasteiger partial charge in [-0.2, -0.15) is 0 Å². The number of nitrogens with one attached hydrogen (secondary N) is 1. The van der Waals surface area contributed by atoms with E-state index in [1.165, 1.54) is 0 Å². The number of benzene rings is 2. The number of carbonyl (C=O) groups excluding carboxylic acids is 2. The number of unbranched alkanes of at least 4 members (excludes halogenated alkanes) is 1. The summed E-state index contributed by atoms with van der Waals surface area (Å²) < 4.78 is 0. The minimum absolute atomic E-state index is 0.672. The Bertz CT molecular complexity index is 653. The molecule has 0 unspecified atom stereocenters. The molecule has 0 atom stereocenters. The summed E-state index contributed by atoms with van der Waals surface area (Å²) in [6, 6.07) is 9.66. The van der Waals surface area contributed by atoms with Gasteiger partial charge in [0.15, 0.2) is 0 Å². The average Bonchev–Trinajstić information content (AvgIpc) is 2.50. The van der Waals surface area contributed by atoms with Crippen LogP contribution in [0.2, 0.25) is 0 Å². The normalized spacial score (nSPS) is 10.4. The molecule has 0 bridgehead atoms. The fourth-order valence-electron chi connectivity index (χ4n) is 2.55. The van der Waals surface area contributed by atoms with Crippen molar-refractivity contribution in [3.05, 3.63) is 35.9 Å². The Morgan fingerprint density at radius 2 is 2.00 bits per heavy atom. The summed E-state index contributed by atoms with van der Waals surface area (Å²) in [5.74, 6) is 0. The quantitative estimate of drug-likeness (QED) is 0.791. The first-order valence-corrected chi connectivity index (χ1v) is 7.17. The first kappa shape index (κ1) is 15.0. The van der Waals surface area contributed by atoms with E-state index in [-0.39, 0.29) is 0 Å². The van der Waals surface area contributed by atoms with Gasteiger partial charge in [-0.1, -0.05) is 31.5 Å². The molecule has 0 heterocycles. The van der Waals surface area contributed by atoms with Crippen LogP contribution < -0.4 is 10.2 Å². The second-order valence-electron chi connectivity index (χ2n) is 5.04. The molecule has 2 aromatic rings. The van der Waals surface area contributed by atoms with Gasteiger partial charge in [0.25, 0.3) is 0 Å². The van der Waals surface area contributed by atoms with Crippen molar-refractivity contribution in [3.8, 4) is 0 Å². The van der Waals surface area contributed by atoms with Crippen LogP contribution in [0.1, 0.15) is 25.3 Å². The van der Waals surface area contributed by atoms with Crippen LogP contribution in [-0.4, -0.2) is 19.4 Å². The molecular weight excluding hydrogens is 264 g/mol. The Kier molecular flexibility index (Phi) is 4.93. The molecule has 0 fully saturated rings. The van der Waals surface area contributed by atoms with Gasteiger partial charge in [0.2, 0.25) is 12.8 Å². The molecule has 2 amide bonds. The van der Waals surface area contributed by atoms with Crippen molar-refractivity contribution in [3.63, 3.8) is 0 Å². The van der Waals surface area contributed by atoms with Crippen LogP contribution >= 0.6 is 0 Å². The molecule has 0 saturated heterocycles. The Hall–Kier alpha value is -2.36. The van der Waals surface area contributed by atoms with E-state index in [0.29, 0.717) is 13.0 Å². The zero-order chi connectivity index (χ0) is 15.2. The second kappa shape index (κ2) is 6.88. The third kappa shape index (κ3) is 3.05. The summed E-state index contributed by atoms with van der Waals surface area (Å²) in [4.78, 5) is 23.9. The third-order valence-corrected chi connectivity index (χ3v) is 3.63. The van der Waals surface area contributed by atoms with Gasteiger partial charge in [-0.05, 0) is 31.0 Å². The maximum atomic E-state index is 11.4. The highest BCUT2D eigenvalue weighted by molar-refractivity contribution is 6.07. The number of anilines is 2. The minimum atomic E-state index is 0.672. The van der Waals surface area contributed by atoms with E-state index in [1.807, 2.05) is 37.3 Å². The van der Waals surface area contributed by atoms with Gasteiger partial charge in [-0.15, -0.1) is 0 Å². The lowest BCUT2D eigenvalue weighted by Crippen LogP contribution is -2.22. The lowest BCUT2D eigenvalue weighted by molar-refractivity contribution is -0.107. The molecule has 4 heteroatoms. The molecule has 4 nitrogen and oxygen atoms in total. The fraction of sp³-hybridized carbons (Fsp3) is 0.294. The first-order valence-electron chi connectivity index (χ1n) is 7.17. The van der Waals surface area contributed by atoms with E-state index in [4.69, 9.17) is 0 Å². The number of hydrogen-bond acceptors (Lipinski definition) is 2. The summed E-state index contributed by atoms with van der Waals surface area (Å²) in [5, 5.41) is 4.67. The number of fused-ring (bicyclic) bond motifs is 1. The van der Waals surface area contributed by atoms with E-state index < -0.39 is 0 Å². The number of nitrogens with zero attached hydrogens (tertiary/aromatic N) is 1. The maximum absolute atomic E-state index is 11.4. The van der Waals surface area contributed by atoms with Gasteiger partial charge in [0.05, 0.1) is 5.69 Å². The van der Waals surface area contributed by atoms with Crippen molar-refractivity contribution < 1.29 is 9.59 Å². The van der Waals surface area contributed by atoms with Crippen LogP contribution in [0.5, 0.6) is 0 Å². The molecule has 0 saturated carbocycles. The van der Waals surface area contributed by atoms with Crippen molar-refractivity contribution in [2.24, 2.45) is 0 Å². The zero-order valence-corrected chi connectivity index (χ0v) is 12.4. The van der Waals surface area contributed by atoms with Crippen LogP contribution in [-0.2, 0) is 9.59 Å². The highest BCUT2D eigenvalue weighted by atomic mass is 16.1. The Balaban J connectivity index is 2.61. The second-order valence-corrected chi connectivity index (χ2v) is 5.04. The molecule has 0 aliphatic heterocycles. The Morgan fingerprint density at radius 1 is 1.19 bits per heavy atom. The van der Waals surface area contributed by atoms with Gasteiger partial charge in [0.1, 0.15) is 0 Å². The van der Waals surface area contributed by atoms with Crippen molar-refractivity contribution in [2.75, 3.05) is 16.8 Å². The summed E-state index contributed by atoms with van der Waals surface area (Å²) >= 11 is 0. The predicted molar refractivity (Wildman–Crippen MR) is 86.7 cm³/mol. The number of aryl methyl sites for hydroxylation is 1. The van der Waals surface area contributed by atoms with Crippen LogP contribution in [0, 0.1) is 6.92 Å². The number of amides is 2. The summed E-state index contributed by atoms with van der Waals surface area (Å²) in [7, 11) is 0. The SMILES string of the molecule is CCCCN(C=O)c1ccc(NC=O)c2cccc(C)c12. The summed E-state index contributed by atoms with van der Waals surface area (Å²) in [5.41, 5.74) is 2.73. The molecule has 2 rings (SSSR count). The van der Waals surface area contributed by atoms with Crippen molar-refractivity contribution >= 4 is 35.0 Å². The topological polar surface area (TPSA) is 49.4 Å². The van der Waals surface area contributed by atoms with E-state index in [2.05, 4.69) is 12.2 Å². The summed E-state index contributed by atoms with van der Waals surface area (Å²) in [6.45, 7) is 4.81. The maximum Gasteiger partial charge on any atom is 0.214 e. The van der Waals surface area contributed by atoms with Gasteiger partial charge >= 0.3 is 0 Å². The predicted octanol–water partition coefficient (Wildman–Crippen LogP) is 3.48. The lowest BCUT2D eigenvalue weighted by Gasteiger charge is -2.21. The van der Waals surface area contributed by atoms with Crippen molar-refractivity contribution in [1.29, 1.82) is 0 Å². The van der Waals surface area contributed by atoms with E-state index in [9.17, 15) is 9.59 Å². The van der Waals surface area contributed by atoms with Crippen molar-refractivity contribution in [1.82, 2.24) is 0 Å². The number of rotatable bonds is 7. The third-order valence-electron chi connectivity index (χ3n) is 3.63. The molecular formula is C17H20N2O2. The standard InChI is InChI=1S/C17H20N2O2/c1-3-4-10-19(12-21)16-9-8-15(18-11-20)14-7-5-6-13(2)17(14)16/h5-9,11-12H,3-4,10H2,1-2H3,(H,18,20). The monoisotopic (exact) mass is 284 g/mol. The zero-order valence-electron chi connectivity index (χ0n) is 12.4. The molecule has 0 aliphatic carbocycles. The first-order chi connectivity index (χ1) is 10.2. The van der Waals surface area contributed by atoms with Crippen LogP contribution in [0.25, 0.3) is 10.8 Å². The molecule has 0 aliphatic rings. The van der Waals surface area contributed by atoms with Crippen molar-refractivity contribution in [2.45, 2.75) is 26.7 Å². The highest BCUT2D eigenvalue weighted by Crippen LogP contribution is 2.34. The highest BCUT2D eigenvalue weighted by Gasteiger charge is 2.13. The molecule has 110 valence electrons. The lowest BCUT2D eigenvalue weighted by atomic mass is 10.0. The minimum Gasteiger partial charge on any atom is -0.328 e. The smallest absolute Gasteiger partial charge is 0.214 e. The van der Waals surface area contributed by atoms with Gasteiger partial charge in [-0.25, -0.2) is 0 Å². The molecule has 21 heavy (non-hydrogen) atoms. The van der Waals surface area contributed by atoms with Gasteiger partial charge < -0.3 is 10.2 Å². The molecule has 2 aromatic carbocycles. The van der Waals surface area contributed by atoms with Crippen LogP contribution in [0.4, 0.5) is 11.4 Å². The largest absolute Gasteiger partial charge is 0.328 e. The molecule has 1 N–H and O–H groups in total.